The van der Waals surface area contributed by atoms with Crippen molar-refractivity contribution in [2.45, 2.75) is 39.2 Å². The molecular formula is C16H22O5. The molecule has 1 aromatic carbocycles. The summed E-state index contributed by atoms with van der Waals surface area (Å²) in [5, 5.41) is 18.7. The first-order valence-electron chi connectivity index (χ1n) is 7.14. The Morgan fingerprint density at radius 1 is 1.24 bits per heavy atom. The Hall–Kier alpha value is -1.88. The number of rotatable bonds is 8. The van der Waals surface area contributed by atoms with Gasteiger partial charge in [-0.05, 0) is 25.5 Å². The quantitative estimate of drug-likeness (QED) is 0.720. The van der Waals surface area contributed by atoms with Gasteiger partial charge < -0.3 is 14.9 Å². The summed E-state index contributed by atoms with van der Waals surface area (Å²) in [7, 11) is 0. The number of carboxylic acid groups (broad SMARTS) is 1. The summed E-state index contributed by atoms with van der Waals surface area (Å²) < 4.78 is 5.18. The van der Waals surface area contributed by atoms with Gasteiger partial charge in [-0.15, -0.1) is 0 Å². The van der Waals surface area contributed by atoms with E-state index in [0.29, 0.717) is 0 Å². The standard InChI is InChI=1S/C16H22O5/c1-3-4-7-12(11(2)17)10-21-16(20)14-9-6-5-8-13(14)15(18)19/h5-6,8-9,11-12,17H,3-4,7,10H2,1-2H3,(H,18,19). The van der Waals surface area contributed by atoms with Crippen molar-refractivity contribution in [3.05, 3.63) is 35.4 Å². The third-order valence-corrected chi connectivity index (χ3v) is 3.42. The largest absolute Gasteiger partial charge is 0.478 e. The maximum Gasteiger partial charge on any atom is 0.339 e. The number of unbranched alkanes of at least 4 members (excludes halogenated alkanes) is 1. The average Bonchev–Trinajstić information content (AvgIpc) is 2.46. The number of esters is 1. The van der Waals surface area contributed by atoms with Crippen LogP contribution in [0.25, 0.3) is 0 Å². The summed E-state index contributed by atoms with van der Waals surface area (Å²) in [6, 6.07) is 5.93. The molecule has 0 heterocycles. The second-order valence-electron chi connectivity index (χ2n) is 5.09. The van der Waals surface area contributed by atoms with E-state index in [9.17, 15) is 14.7 Å². The van der Waals surface area contributed by atoms with Gasteiger partial charge in [0.15, 0.2) is 0 Å². The highest BCUT2D eigenvalue weighted by Crippen LogP contribution is 2.16. The van der Waals surface area contributed by atoms with E-state index < -0.39 is 18.0 Å². The van der Waals surface area contributed by atoms with E-state index in [1.807, 2.05) is 6.92 Å². The maximum atomic E-state index is 12.0. The SMILES string of the molecule is CCCCC(COC(=O)c1ccccc1C(=O)O)C(C)O. The molecule has 0 bridgehead atoms. The summed E-state index contributed by atoms with van der Waals surface area (Å²) in [6.45, 7) is 3.80. The molecule has 5 heteroatoms. The first-order valence-corrected chi connectivity index (χ1v) is 7.14. The predicted octanol–water partition coefficient (Wildman–Crippen LogP) is 2.73. The van der Waals surface area contributed by atoms with Crippen LogP contribution in [0.15, 0.2) is 24.3 Å². The molecule has 1 aromatic rings. The summed E-state index contributed by atoms with van der Waals surface area (Å²) in [5.74, 6) is -1.97. The molecule has 116 valence electrons. The third kappa shape index (κ3) is 5.19. The molecule has 5 nitrogen and oxygen atoms in total. The van der Waals surface area contributed by atoms with E-state index in [-0.39, 0.29) is 23.7 Å². The molecule has 0 aliphatic heterocycles. The van der Waals surface area contributed by atoms with Gasteiger partial charge in [0.1, 0.15) is 0 Å². The Kier molecular flexibility index (Phi) is 6.88. The van der Waals surface area contributed by atoms with Crippen LogP contribution < -0.4 is 0 Å². The molecule has 21 heavy (non-hydrogen) atoms. The minimum atomic E-state index is -1.17. The number of hydrogen-bond acceptors (Lipinski definition) is 4. The van der Waals surface area contributed by atoms with Gasteiger partial charge in [-0.25, -0.2) is 9.59 Å². The normalized spacial score (nSPS) is 13.5. The first kappa shape index (κ1) is 17.2. The zero-order chi connectivity index (χ0) is 15.8. The Labute approximate surface area is 124 Å². The molecule has 2 unspecified atom stereocenters. The van der Waals surface area contributed by atoms with Crippen molar-refractivity contribution in [3.8, 4) is 0 Å². The van der Waals surface area contributed by atoms with E-state index in [1.54, 1.807) is 19.1 Å². The molecule has 0 aromatic heterocycles. The van der Waals surface area contributed by atoms with Crippen LogP contribution in [-0.2, 0) is 4.74 Å². The van der Waals surface area contributed by atoms with Crippen LogP contribution in [0.4, 0.5) is 0 Å². The van der Waals surface area contributed by atoms with Crippen molar-refractivity contribution in [2.24, 2.45) is 5.92 Å². The van der Waals surface area contributed by atoms with Gasteiger partial charge in [0.2, 0.25) is 0 Å². The third-order valence-electron chi connectivity index (χ3n) is 3.42. The molecule has 0 spiro atoms. The molecule has 0 fully saturated rings. The molecule has 2 N–H and O–H groups in total. The van der Waals surface area contributed by atoms with Gasteiger partial charge in [0.05, 0.1) is 23.8 Å². The molecule has 0 amide bonds. The van der Waals surface area contributed by atoms with Gasteiger partial charge in [-0.1, -0.05) is 31.9 Å². The second-order valence-corrected chi connectivity index (χ2v) is 5.09. The first-order chi connectivity index (χ1) is 9.97. The minimum Gasteiger partial charge on any atom is -0.478 e. The lowest BCUT2D eigenvalue weighted by Crippen LogP contribution is -2.24. The number of carbonyl (C=O) groups is 2. The monoisotopic (exact) mass is 294 g/mol. The van der Waals surface area contributed by atoms with Gasteiger partial charge >= 0.3 is 11.9 Å². The zero-order valence-corrected chi connectivity index (χ0v) is 12.4. The Balaban J connectivity index is 2.70. The minimum absolute atomic E-state index is 0.0323. The fourth-order valence-electron chi connectivity index (χ4n) is 2.04. The van der Waals surface area contributed by atoms with Gasteiger partial charge in [-0.2, -0.15) is 0 Å². The smallest absolute Gasteiger partial charge is 0.339 e. The number of aromatic carboxylic acids is 1. The van der Waals surface area contributed by atoms with Crippen LogP contribution in [0, 0.1) is 5.92 Å². The van der Waals surface area contributed by atoms with E-state index in [2.05, 4.69) is 0 Å². The van der Waals surface area contributed by atoms with Crippen LogP contribution in [0.2, 0.25) is 0 Å². The molecule has 2 atom stereocenters. The number of aliphatic hydroxyl groups excluding tert-OH is 1. The zero-order valence-electron chi connectivity index (χ0n) is 12.4. The van der Waals surface area contributed by atoms with Crippen molar-refractivity contribution in [1.29, 1.82) is 0 Å². The Bertz CT molecular complexity index is 481. The molecule has 1 rings (SSSR count). The fraction of sp³-hybridized carbons (Fsp3) is 0.500. The second kappa shape index (κ2) is 8.42. The van der Waals surface area contributed by atoms with Crippen LogP contribution in [0.1, 0.15) is 53.8 Å². The van der Waals surface area contributed by atoms with Crippen molar-refractivity contribution < 1.29 is 24.5 Å². The topological polar surface area (TPSA) is 83.8 Å². The number of carboxylic acids is 1. The van der Waals surface area contributed by atoms with Crippen LogP contribution >= 0.6 is 0 Å². The average molecular weight is 294 g/mol. The molecule has 0 saturated carbocycles. The van der Waals surface area contributed by atoms with Crippen LogP contribution in [-0.4, -0.2) is 34.9 Å². The predicted molar refractivity (Wildman–Crippen MR) is 78.4 cm³/mol. The summed E-state index contributed by atoms with van der Waals surface area (Å²) in [4.78, 5) is 23.1. The van der Waals surface area contributed by atoms with Crippen LogP contribution in [0.3, 0.4) is 0 Å². The summed E-state index contributed by atoms with van der Waals surface area (Å²) in [5.41, 5.74) is -0.0468. The number of carbonyl (C=O) groups excluding carboxylic acids is 1. The maximum absolute atomic E-state index is 12.0. The van der Waals surface area contributed by atoms with E-state index in [4.69, 9.17) is 9.84 Å². The van der Waals surface area contributed by atoms with Crippen molar-refractivity contribution in [3.63, 3.8) is 0 Å². The lowest BCUT2D eigenvalue weighted by atomic mass is 9.98. The highest BCUT2D eigenvalue weighted by atomic mass is 16.5. The summed E-state index contributed by atoms with van der Waals surface area (Å²) in [6.07, 6.45) is 2.14. The lowest BCUT2D eigenvalue weighted by molar-refractivity contribution is 0.0240. The van der Waals surface area contributed by atoms with Crippen molar-refractivity contribution in [1.82, 2.24) is 0 Å². The highest BCUT2D eigenvalue weighted by molar-refractivity contribution is 6.02. The van der Waals surface area contributed by atoms with E-state index >= 15 is 0 Å². The molecule has 0 aliphatic carbocycles. The van der Waals surface area contributed by atoms with Crippen LogP contribution in [0.5, 0.6) is 0 Å². The van der Waals surface area contributed by atoms with Gasteiger partial charge in [0, 0.05) is 5.92 Å². The van der Waals surface area contributed by atoms with E-state index in [1.165, 1.54) is 12.1 Å². The van der Waals surface area contributed by atoms with Gasteiger partial charge in [0.25, 0.3) is 0 Å². The molecule has 0 radical (unpaired) electrons. The Morgan fingerprint density at radius 3 is 2.38 bits per heavy atom. The molecule has 0 saturated heterocycles. The number of benzene rings is 1. The van der Waals surface area contributed by atoms with Gasteiger partial charge in [-0.3, -0.25) is 0 Å². The number of hydrogen-bond donors (Lipinski definition) is 2. The Morgan fingerprint density at radius 2 is 1.86 bits per heavy atom. The molecule has 0 aliphatic rings. The summed E-state index contributed by atoms with van der Waals surface area (Å²) >= 11 is 0. The number of ether oxygens (including phenoxy) is 1. The van der Waals surface area contributed by atoms with E-state index in [0.717, 1.165) is 19.3 Å². The fourth-order valence-corrected chi connectivity index (χ4v) is 2.04. The lowest BCUT2D eigenvalue weighted by Gasteiger charge is -2.19. The van der Waals surface area contributed by atoms with Crippen molar-refractivity contribution in [2.75, 3.05) is 6.61 Å². The highest BCUT2D eigenvalue weighted by Gasteiger charge is 2.20. The molecular weight excluding hydrogens is 272 g/mol. The number of aliphatic hydroxyl groups is 1. The van der Waals surface area contributed by atoms with Crippen molar-refractivity contribution >= 4 is 11.9 Å².